The number of anilines is 1. The van der Waals surface area contributed by atoms with Gasteiger partial charge in [0.2, 0.25) is 0 Å². The van der Waals surface area contributed by atoms with Crippen molar-refractivity contribution < 1.29 is 12.8 Å². The van der Waals surface area contributed by atoms with E-state index in [9.17, 15) is 12.8 Å². The Labute approximate surface area is 200 Å². The Morgan fingerprint density at radius 1 is 1.26 bits per heavy atom. The monoisotopic (exact) mass is 561 g/mol. The molecule has 7 nitrogen and oxygen atoms in total. The third-order valence-electron chi connectivity index (χ3n) is 4.86. The Bertz CT molecular complexity index is 959. The summed E-state index contributed by atoms with van der Waals surface area (Å²) < 4.78 is 38.7. The van der Waals surface area contributed by atoms with E-state index in [1.54, 1.807) is 42.6 Å². The molecule has 0 bridgehead atoms. The molecule has 1 unspecified atom stereocenters. The second-order valence-electron chi connectivity index (χ2n) is 7.13. The van der Waals surface area contributed by atoms with Crippen molar-refractivity contribution in [3.05, 3.63) is 54.5 Å². The number of aliphatic imine (C=N–C) groups is 1. The highest BCUT2D eigenvalue weighted by molar-refractivity contribution is 14.0. The third-order valence-corrected chi connectivity index (χ3v) is 6.67. The van der Waals surface area contributed by atoms with E-state index in [1.807, 2.05) is 11.8 Å². The van der Waals surface area contributed by atoms with Crippen LogP contribution in [-0.2, 0) is 9.84 Å². The van der Waals surface area contributed by atoms with Gasteiger partial charge in [0, 0.05) is 38.4 Å². The summed E-state index contributed by atoms with van der Waals surface area (Å²) >= 11 is 0. The Balaban J connectivity index is 0.00000341. The zero-order valence-electron chi connectivity index (χ0n) is 17.5. The lowest BCUT2D eigenvalue weighted by molar-refractivity contribution is 0.593. The summed E-state index contributed by atoms with van der Waals surface area (Å²) in [5, 5.41) is 6.55. The second-order valence-corrected chi connectivity index (χ2v) is 9.24. The summed E-state index contributed by atoms with van der Waals surface area (Å²) in [4.78, 5) is 10.9. The van der Waals surface area contributed by atoms with Crippen molar-refractivity contribution in [3.63, 3.8) is 0 Å². The van der Waals surface area contributed by atoms with Crippen molar-refractivity contribution in [2.75, 3.05) is 36.8 Å². The van der Waals surface area contributed by atoms with Crippen molar-refractivity contribution in [2.45, 2.75) is 30.7 Å². The highest BCUT2D eigenvalue weighted by Crippen LogP contribution is 2.20. The zero-order chi connectivity index (χ0) is 21.4. The maximum absolute atomic E-state index is 14.0. The van der Waals surface area contributed by atoms with Crippen LogP contribution in [0.25, 0.3) is 0 Å². The summed E-state index contributed by atoms with van der Waals surface area (Å²) in [5.41, 5.74) is 0. The summed E-state index contributed by atoms with van der Waals surface area (Å²) in [6.07, 6.45) is 2.86. The molecular weight excluding hydrogens is 532 g/mol. The van der Waals surface area contributed by atoms with Gasteiger partial charge < -0.3 is 15.5 Å². The van der Waals surface area contributed by atoms with Gasteiger partial charge in [-0.15, -0.1) is 24.0 Å². The lowest BCUT2D eigenvalue weighted by atomic mass is 10.3. The highest BCUT2D eigenvalue weighted by Gasteiger charge is 2.26. The van der Waals surface area contributed by atoms with E-state index >= 15 is 0 Å². The van der Waals surface area contributed by atoms with Gasteiger partial charge in [0.1, 0.15) is 0 Å². The molecule has 1 aliphatic rings. The van der Waals surface area contributed by atoms with Crippen molar-refractivity contribution in [1.82, 2.24) is 15.6 Å². The molecule has 1 atom stereocenters. The van der Waals surface area contributed by atoms with Crippen LogP contribution >= 0.6 is 24.0 Å². The molecule has 2 N–H and O–H groups in total. The predicted octanol–water partition coefficient (Wildman–Crippen LogP) is 2.84. The first kappa shape index (κ1) is 25.3. The Morgan fingerprint density at radius 3 is 2.74 bits per heavy atom. The van der Waals surface area contributed by atoms with Gasteiger partial charge >= 0.3 is 0 Å². The van der Waals surface area contributed by atoms with Crippen molar-refractivity contribution in [2.24, 2.45) is 4.99 Å². The molecule has 1 aromatic carbocycles. The van der Waals surface area contributed by atoms with E-state index in [0.717, 1.165) is 6.42 Å². The number of aromatic nitrogens is 1. The molecule has 0 radical (unpaired) electrons. The van der Waals surface area contributed by atoms with Gasteiger partial charge in [-0.25, -0.2) is 17.8 Å². The molecule has 2 aromatic rings. The summed E-state index contributed by atoms with van der Waals surface area (Å²) in [7, 11) is -3.29. The molecule has 2 heterocycles. The smallest absolute Gasteiger partial charge is 0.191 e. The lowest BCUT2D eigenvalue weighted by Crippen LogP contribution is -2.44. The van der Waals surface area contributed by atoms with Crippen molar-refractivity contribution >= 4 is 45.6 Å². The maximum Gasteiger partial charge on any atom is 0.191 e. The van der Waals surface area contributed by atoms with E-state index in [4.69, 9.17) is 0 Å². The number of guanidine groups is 1. The number of hydrogen-bond acceptors (Lipinski definition) is 5. The zero-order valence-corrected chi connectivity index (χ0v) is 20.6. The second kappa shape index (κ2) is 12.2. The van der Waals surface area contributed by atoms with Crippen LogP contribution in [0.15, 0.2) is 58.5 Å². The highest BCUT2D eigenvalue weighted by atomic mass is 127. The largest absolute Gasteiger partial charge is 0.357 e. The third kappa shape index (κ3) is 7.30. The SMILES string of the molecule is CCNC(=NCCCS(=O)(=O)c1ccccc1)NC1CCN(c2ncccc2F)C1.I. The van der Waals surface area contributed by atoms with Crippen molar-refractivity contribution in [1.29, 1.82) is 0 Å². The molecule has 1 aromatic heterocycles. The molecule has 0 amide bonds. The van der Waals surface area contributed by atoms with Gasteiger partial charge in [0.25, 0.3) is 0 Å². The van der Waals surface area contributed by atoms with Crippen LogP contribution in [-0.4, -0.2) is 57.3 Å². The molecular formula is C21H29FIN5O2S. The first-order valence-corrected chi connectivity index (χ1v) is 11.8. The average molecular weight is 561 g/mol. The van der Waals surface area contributed by atoms with Crippen molar-refractivity contribution in [3.8, 4) is 0 Å². The van der Waals surface area contributed by atoms with E-state index in [1.165, 1.54) is 6.07 Å². The van der Waals surface area contributed by atoms with Crippen LogP contribution in [0.2, 0.25) is 0 Å². The number of nitrogens with zero attached hydrogens (tertiary/aromatic N) is 3. The molecule has 1 saturated heterocycles. The van der Waals surface area contributed by atoms with E-state index in [0.29, 0.717) is 49.3 Å². The number of benzene rings is 1. The molecule has 0 aliphatic carbocycles. The first-order valence-electron chi connectivity index (χ1n) is 10.2. The Hall–Kier alpha value is -1.95. The fourth-order valence-electron chi connectivity index (χ4n) is 3.38. The topological polar surface area (TPSA) is 86.7 Å². The Morgan fingerprint density at radius 2 is 2.03 bits per heavy atom. The normalized spacial score (nSPS) is 16.6. The quantitative estimate of drug-likeness (QED) is 0.223. The number of sulfone groups is 1. The van der Waals surface area contributed by atoms with Crippen LogP contribution in [0, 0.1) is 5.82 Å². The molecule has 170 valence electrons. The minimum Gasteiger partial charge on any atom is -0.357 e. The van der Waals surface area contributed by atoms with Gasteiger partial charge in [-0.05, 0) is 44.0 Å². The lowest BCUT2D eigenvalue weighted by Gasteiger charge is -2.20. The minimum atomic E-state index is -3.29. The number of hydrogen-bond donors (Lipinski definition) is 2. The fourth-order valence-corrected chi connectivity index (χ4v) is 4.70. The van der Waals surface area contributed by atoms with Crippen LogP contribution in [0.3, 0.4) is 0 Å². The summed E-state index contributed by atoms with van der Waals surface area (Å²) in [6, 6.07) is 11.6. The Kier molecular flexibility index (Phi) is 9.94. The number of nitrogens with one attached hydrogen (secondary N) is 2. The molecule has 0 saturated carbocycles. The van der Waals surface area contributed by atoms with Gasteiger partial charge in [-0.1, -0.05) is 18.2 Å². The molecule has 3 rings (SSSR count). The summed E-state index contributed by atoms with van der Waals surface area (Å²) in [5.74, 6) is 0.743. The predicted molar refractivity (Wildman–Crippen MR) is 132 cm³/mol. The maximum atomic E-state index is 14.0. The van der Waals surface area contributed by atoms with Gasteiger partial charge in [0.05, 0.1) is 10.6 Å². The fraction of sp³-hybridized carbons (Fsp3) is 0.429. The summed E-state index contributed by atoms with van der Waals surface area (Å²) in [6.45, 7) is 4.40. The minimum absolute atomic E-state index is 0. The number of halogens is 2. The molecule has 10 heteroatoms. The molecule has 1 fully saturated rings. The molecule has 1 aliphatic heterocycles. The first-order chi connectivity index (χ1) is 14.5. The van der Waals surface area contributed by atoms with Gasteiger partial charge in [-0.3, -0.25) is 4.99 Å². The number of pyridine rings is 1. The molecule has 0 spiro atoms. The number of rotatable bonds is 8. The van der Waals surface area contributed by atoms with Crippen LogP contribution < -0.4 is 15.5 Å². The standard InChI is InChI=1S/C21H28FN5O2S.HI/c1-2-23-21(25-13-7-15-30(28,29)18-8-4-3-5-9-18)26-17-11-14-27(16-17)20-19(22)10-6-12-24-20;/h3-6,8-10,12,17H,2,7,11,13-16H2,1H3,(H2,23,25,26);1H. The van der Waals surface area contributed by atoms with E-state index in [-0.39, 0.29) is 41.6 Å². The van der Waals surface area contributed by atoms with Gasteiger partial charge in [-0.2, -0.15) is 0 Å². The molecule has 31 heavy (non-hydrogen) atoms. The van der Waals surface area contributed by atoms with Crippen LogP contribution in [0.4, 0.5) is 10.2 Å². The van der Waals surface area contributed by atoms with Crippen LogP contribution in [0.1, 0.15) is 19.8 Å². The average Bonchev–Trinajstić information content (AvgIpc) is 3.20. The van der Waals surface area contributed by atoms with E-state index < -0.39 is 9.84 Å². The van der Waals surface area contributed by atoms with E-state index in [2.05, 4.69) is 20.6 Å². The van der Waals surface area contributed by atoms with Crippen LogP contribution in [0.5, 0.6) is 0 Å². The van der Waals surface area contributed by atoms with Gasteiger partial charge in [0.15, 0.2) is 27.4 Å².